The number of carboxylic acids is 2. The molecule has 0 saturated heterocycles. The summed E-state index contributed by atoms with van der Waals surface area (Å²) < 4.78 is 0. The Bertz CT molecular complexity index is 904. The zero-order chi connectivity index (χ0) is 23.7. The fraction of sp³-hybridized carbons (Fsp3) is 0.423. The van der Waals surface area contributed by atoms with E-state index in [0.29, 0.717) is 19.3 Å². The highest BCUT2D eigenvalue weighted by atomic mass is 16.4. The lowest BCUT2D eigenvalue weighted by molar-refractivity contribution is -0.146. The van der Waals surface area contributed by atoms with E-state index in [4.69, 9.17) is 0 Å². The molecule has 2 aromatic rings. The van der Waals surface area contributed by atoms with E-state index >= 15 is 0 Å². The van der Waals surface area contributed by atoms with Crippen molar-refractivity contribution in [2.24, 2.45) is 11.3 Å². The second-order valence-electron chi connectivity index (χ2n) is 8.47. The van der Waals surface area contributed by atoms with Crippen LogP contribution in [0.1, 0.15) is 52.0 Å². The molecule has 6 nitrogen and oxygen atoms in total. The number of nitrogens with one attached hydrogen (secondary N) is 1. The Hall–Kier alpha value is -3.15. The number of rotatable bonds is 12. The van der Waals surface area contributed by atoms with Gasteiger partial charge in [-0.05, 0) is 42.4 Å². The Morgan fingerprint density at radius 3 is 1.97 bits per heavy atom. The van der Waals surface area contributed by atoms with E-state index in [-0.39, 0.29) is 18.7 Å². The molecule has 3 N–H and O–H groups in total. The number of hydrogen-bond donors (Lipinski definition) is 3. The van der Waals surface area contributed by atoms with E-state index in [1.54, 1.807) is 6.92 Å². The van der Waals surface area contributed by atoms with Gasteiger partial charge < -0.3 is 15.5 Å². The van der Waals surface area contributed by atoms with Gasteiger partial charge >= 0.3 is 11.9 Å². The number of amides is 1. The highest BCUT2D eigenvalue weighted by Gasteiger charge is 2.38. The van der Waals surface area contributed by atoms with Crippen molar-refractivity contribution in [3.05, 3.63) is 60.2 Å². The molecule has 0 unspecified atom stereocenters. The second kappa shape index (κ2) is 11.5. The Balaban J connectivity index is 2.22. The maximum atomic E-state index is 13.1. The smallest absolute Gasteiger partial charge is 0.306 e. The summed E-state index contributed by atoms with van der Waals surface area (Å²) in [6.45, 7) is 5.23. The van der Waals surface area contributed by atoms with Gasteiger partial charge in [0.15, 0.2) is 0 Å². The average molecular weight is 440 g/mol. The number of hydrogen-bond acceptors (Lipinski definition) is 3. The van der Waals surface area contributed by atoms with Crippen LogP contribution in [-0.4, -0.2) is 34.1 Å². The van der Waals surface area contributed by atoms with Gasteiger partial charge in [0.1, 0.15) is 0 Å². The summed E-state index contributed by atoms with van der Waals surface area (Å²) in [5.41, 5.74) is 2.15. The van der Waals surface area contributed by atoms with Gasteiger partial charge in [-0.3, -0.25) is 14.4 Å². The first-order valence-electron chi connectivity index (χ1n) is 11.1. The molecule has 172 valence electrons. The predicted molar refractivity (Wildman–Crippen MR) is 124 cm³/mol. The van der Waals surface area contributed by atoms with Crippen LogP contribution in [0.2, 0.25) is 0 Å². The fourth-order valence-corrected chi connectivity index (χ4v) is 4.00. The topological polar surface area (TPSA) is 104 Å². The first-order valence-corrected chi connectivity index (χ1v) is 11.1. The lowest BCUT2D eigenvalue weighted by Crippen LogP contribution is -2.47. The molecule has 0 aliphatic carbocycles. The van der Waals surface area contributed by atoms with Crippen LogP contribution in [-0.2, 0) is 20.8 Å². The van der Waals surface area contributed by atoms with Gasteiger partial charge in [-0.15, -0.1) is 0 Å². The van der Waals surface area contributed by atoms with Gasteiger partial charge in [-0.1, -0.05) is 75.4 Å². The molecule has 0 aliphatic rings. The van der Waals surface area contributed by atoms with Gasteiger partial charge in [0, 0.05) is 6.04 Å². The first-order chi connectivity index (χ1) is 15.2. The van der Waals surface area contributed by atoms with Crippen LogP contribution >= 0.6 is 0 Å². The molecule has 2 aromatic carbocycles. The third-order valence-corrected chi connectivity index (χ3v) is 6.26. The Morgan fingerprint density at radius 1 is 0.906 bits per heavy atom. The van der Waals surface area contributed by atoms with Gasteiger partial charge in [0.25, 0.3) is 0 Å². The summed E-state index contributed by atoms with van der Waals surface area (Å²) in [5, 5.41) is 21.7. The normalized spacial score (nSPS) is 13.2. The summed E-state index contributed by atoms with van der Waals surface area (Å²) in [4.78, 5) is 35.9. The standard InChI is InChI=1S/C26H33NO5/c1-4-26(5-2,17-23(28)29)25(32)27-22(15-18(3)24(30)31)16-19-11-13-21(14-12-19)20-9-7-6-8-10-20/h6-14,18,22H,4-5,15-17H2,1-3H3,(H,27,32)(H,28,29)(H,30,31)/t18-,22+/m1/s1. The molecule has 0 aliphatic heterocycles. The van der Waals surface area contributed by atoms with Crippen molar-refractivity contribution in [1.29, 1.82) is 0 Å². The zero-order valence-corrected chi connectivity index (χ0v) is 19.0. The van der Waals surface area contributed by atoms with E-state index < -0.39 is 29.3 Å². The molecule has 0 bridgehead atoms. The largest absolute Gasteiger partial charge is 0.481 e. The van der Waals surface area contributed by atoms with Crippen molar-refractivity contribution in [3.63, 3.8) is 0 Å². The SMILES string of the molecule is CCC(CC)(CC(=O)O)C(=O)N[C@H](Cc1ccc(-c2ccccc2)cc1)C[C@@H](C)C(=O)O. The van der Waals surface area contributed by atoms with Crippen molar-refractivity contribution in [2.75, 3.05) is 0 Å². The monoisotopic (exact) mass is 439 g/mol. The Morgan fingerprint density at radius 2 is 1.47 bits per heavy atom. The zero-order valence-electron chi connectivity index (χ0n) is 19.0. The van der Waals surface area contributed by atoms with Gasteiger partial charge in [0.2, 0.25) is 5.91 Å². The second-order valence-corrected chi connectivity index (χ2v) is 8.47. The molecule has 0 aromatic heterocycles. The highest BCUT2D eigenvalue weighted by molar-refractivity contribution is 5.87. The molecule has 32 heavy (non-hydrogen) atoms. The maximum absolute atomic E-state index is 13.1. The van der Waals surface area contributed by atoms with Crippen LogP contribution in [0.3, 0.4) is 0 Å². The average Bonchev–Trinajstić information content (AvgIpc) is 2.78. The molecule has 6 heteroatoms. The van der Waals surface area contributed by atoms with E-state index in [0.717, 1.165) is 16.7 Å². The van der Waals surface area contributed by atoms with E-state index in [9.17, 15) is 24.6 Å². The minimum Gasteiger partial charge on any atom is -0.481 e. The van der Waals surface area contributed by atoms with E-state index in [1.807, 2.05) is 68.4 Å². The number of carboxylic acid groups (broad SMARTS) is 2. The lowest BCUT2D eigenvalue weighted by Gasteiger charge is -2.31. The Kier molecular flexibility index (Phi) is 9.00. The summed E-state index contributed by atoms with van der Waals surface area (Å²) >= 11 is 0. The molecule has 0 heterocycles. The van der Waals surface area contributed by atoms with E-state index in [2.05, 4.69) is 5.32 Å². The van der Waals surface area contributed by atoms with Crippen LogP contribution in [0.5, 0.6) is 0 Å². The third kappa shape index (κ3) is 6.67. The minimum atomic E-state index is -1.02. The van der Waals surface area contributed by atoms with Crippen LogP contribution < -0.4 is 5.32 Å². The van der Waals surface area contributed by atoms with Crippen LogP contribution in [0.4, 0.5) is 0 Å². The fourth-order valence-electron chi connectivity index (χ4n) is 4.00. The van der Waals surface area contributed by atoms with Crippen molar-refractivity contribution in [1.82, 2.24) is 5.32 Å². The molecule has 0 radical (unpaired) electrons. The molecule has 0 saturated carbocycles. The van der Waals surface area contributed by atoms with Crippen LogP contribution in [0.15, 0.2) is 54.6 Å². The summed E-state index contributed by atoms with van der Waals surface area (Å²) in [6.07, 6.45) is 1.27. The van der Waals surface area contributed by atoms with Gasteiger partial charge in [-0.25, -0.2) is 0 Å². The molecular formula is C26H33NO5. The predicted octanol–water partition coefficient (Wildman–Crippen LogP) is 4.77. The third-order valence-electron chi connectivity index (χ3n) is 6.26. The number of aliphatic carboxylic acids is 2. The summed E-state index contributed by atoms with van der Waals surface area (Å²) in [5.74, 6) is -2.91. The van der Waals surface area contributed by atoms with Crippen molar-refractivity contribution in [3.8, 4) is 11.1 Å². The summed E-state index contributed by atoms with van der Waals surface area (Å²) in [6, 6.07) is 17.6. The van der Waals surface area contributed by atoms with Crippen LogP contribution in [0.25, 0.3) is 11.1 Å². The van der Waals surface area contributed by atoms with E-state index in [1.165, 1.54) is 0 Å². The number of carbonyl (C=O) groups excluding carboxylic acids is 1. The number of benzene rings is 2. The van der Waals surface area contributed by atoms with Gasteiger partial charge in [0.05, 0.1) is 17.8 Å². The molecule has 2 rings (SSSR count). The first kappa shape index (κ1) is 25.1. The minimum absolute atomic E-state index is 0.251. The summed E-state index contributed by atoms with van der Waals surface area (Å²) in [7, 11) is 0. The Labute approximate surface area is 189 Å². The van der Waals surface area contributed by atoms with Crippen molar-refractivity contribution < 1.29 is 24.6 Å². The number of carbonyl (C=O) groups is 3. The molecule has 2 atom stereocenters. The lowest BCUT2D eigenvalue weighted by atomic mass is 9.78. The molecule has 0 spiro atoms. The van der Waals surface area contributed by atoms with Crippen molar-refractivity contribution >= 4 is 17.8 Å². The molecule has 1 amide bonds. The van der Waals surface area contributed by atoms with Gasteiger partial charge in [-0.2, -0.15) is 0 Å². The molecular weight excluding hydrogens is 406 g/mol. The molecule has 0 fully saturated rings. The van der Waals surface area contributed by atoms with Crippen molar-refractivity contribution in [2.45, 2.75) is 58.9 Å². The quantitative estimate of drug-likeness (QED) is 0.442. The maximum Gasteiger partial charge on any atom is 0.306 e. The highest BCUT2D eigenvalue weighted by Crippen LogP contribution is 2.31. The van der Waals surface area contributed by atoms with Crippen LogP contribution in [0, 0.1) is 11.3 Å².